The van der Waals surface area contributed by atoms with Crippen molar-refractivity contribution in [1.82, 2.24) is 0 Å². The first kappa shape index (κ1) is 16.8. The molecule has 0 aliphatic carbocycles. The summed E-state index contributed by atoms with van der Waals surface area (Å²) in [4.78, 5) is 0.850. The summed E-state index contributed by atoms with van der Waals surface area (Å²) in [6.07, 6.45) is -4.43. The zero-order valence-corrected chi connectivity index (χ0v) is 11.8. The summed E-state index contributed by atoms with van der Waals surface area (Å²) in [5.74, 6) is -0.174. The molecule has 0 saturated carbocycles. The van der Waals surface area contributed by atoms with Crippen molar-refractivity contribution in [3.05, 3.63) is 24.3 Å². The molecular formula is C12H17F3N2O2S. The Balaban J connectivity index is 3.27. The molecular weight excluding hydrogens is 293 g/mol. The van der Waals surface area contributed by atoms with Gasteiger partial charge in [0.05, 0.1) is 16.3 Å². The van der Waals surface area contributed by atoms with Gasteiger partial charge in [-0.1, -0.05) is 19.1 Å². The summed E-state index contributed by atoms with van der Waals surface area (Å²) in [7, 11) is -3.60. The third kappa shape index (κ3) is 4.38. The zero-order chi connectivity index (χ0) is 15.4. The van der Waals surface area contributed by atoms with Crippen LogP contribution >= 0.6 is 0 Å². The van der Waals surface area contributed by atoms with E-state index in [9.17, 15) is 21.6 Å². The lowest BCUT2D eigenvalue weighted by Crippen LogP contribution is -2.38. The molecule has 0 radical (unpaired) electrons. The van der Waals surface area contributed by atoms with E-state index in [4.69, 9.17) is 5.73 Å². The van der Waals surface area contributed by atoms with Gasteiger partial charge in [0.2, 0.25) is 0 Å². The molecule has 8 heteroatoms. The smallest absolute Gasteiger partial charge is 0.360 e. The van der Waals surface area contributed by atoms with Gasteiger partial charge in [0.1, 0.15) is 6.54 Å². The quantitative estimate of drug-likeness (QED) is 0.870. The average molecular weight is 310 g/mol. The zero-order valence-electron chi connectivity index (χ0n) is 11.0. The van der Waals surface area contributed by atoms with E-state index in [1.165, 1.54) is 31.2 Å². The predicted molar refractivity (Wildman–Crippen MR) is 71.5 cm³/mol. The molecule has 0 aromatic heterocycles. The van der Waals surface area contributed by atoms with Gasteiger partial charge in [0.15, 0.2) is 9.84 Å². The highest BCUT2D eigenvalue weighted by Crippen LogP contribution is 2.28. The first-order valence-electron chi connectivity index (χ1n) is 6.05. The van der Waals surface area contributed by atoms with Gasteiger partial charge in [-0.05, 0) is 12.1 Å². The molecule has 4 nitrogen and oxygen atoms in total. The number of benzene rings is 1. The van der Waals surface area contributed by atoms with E-state index in [2.05, 4.69) is 0 Å². The normalized spacial score (nSPS) is 12.4. The maximum Gasteiger partial charge on any atom is 0.405 e. The van der Waals surface area contributed by atoms with Gasteiger partial charge < -0.3 is 10.6 Å². The molecule has 0 atom stereocenters. The Hall–Kier alpha value is -1.28. The van der Waals surface area contributed by atoms with Crippen LogP contribution in [0.4, 0.5) is 18.9 Å². The van der Waals surface area contributed by atoms with E-state index in [0.717, 1.165) is 4.90 Å². The first-order valence-corrected chi connectivity index (χ1v) is 7.70. The van der Waals surface area contributed by atoms with Gasteiger partial charge in [-0.15, -0.1) is 0 Å². The second-order valence-corrected chi connectivity index (χ2v) is 6.44. The minimum atomic E-state index is -4.43. The minimum absolute atomic E-state index is 0.00339. The number of para-hydroxylation sites is 1. The lowest BCUT2D eigenvalue weighted by Gasteiger charge is -2.27. The number of nitrogens with zero attached hydrogens (tertiary/aromatic N) is 1. The lowest BCUT2D eigenvalue weighted by atomic mass is 10.2. The van der Waals surface area contributed by atoms with E-state index in [0.29, 0.717) is 0 Å². The van der Waals surface area contributed by atoms with E-state index < -0.39 is 22.6 Å². The number of alkyl halides is 3. The van der Waals surface area contributed by atoms with Crippen molar-refractivity contribution in [2.24, 2.45) is 5.73 Å². The van der Waals surface area contributed by atoms with Crippen LogP contribution in [0.5, 0.6) is 0 Å². The fraction of sp³-hybridized carbons (Fsp3) is 0.500. The topological polar surface area (TPSA) is 63.4 Å². The highest BCUT2D eigenvalue weighted by molar-refractivity contribution is 7.91. The Bertz CT molecular complexity index is 544. The van der Waals surface area contributed by atoms with Gasteiger partial charge in [-0.2, -0.15) is 13.2 Å². The van der Waals surface area contributed by atoms with Crippen LogP contribution in [0.2, 0.25) is 0 Å². The Morgan fingerprint density at radius 3 is 2.35 bits per heavy atom. The summed E-state index contributed by atoms with van der Waals surface area (Å²) in [5, 5.41) is 0. The molecule has 2 N–H and O–H groups in total. The Labute approximate surface area is 116 Å². The summed E-state index contributed by atoms with van der Waals surface area (Å²) in [5.41, 5.74) is 5.36. The maximum absolute atomic E-state index is 12.6. The molecule has 0 aliphatic rings. The van der Waals surface area contributed by atoms with Crippen LogP contribution in [-0.2, 0) is 9.84 Å². The number of sulfone groups is 1. The van der Waals surface area contributed by atoms with Crippen LogP contribution in [-0.4, -0.2) is 40.0 Å². The number of nitrogens with two attached hydrogens (primary N) is 1. The van der Waals surface area contributed by atoms with Crippen LogP contribution < -0.4 is 10.6 Å². The van der Waals surface area contributed by atoms with Crippen LogP contribution in [0.1, 0.15) is 6.92 Å². The molecule has 0 spiro atoms. The molecule has 0 fully saturated rings. The van der Waals surface area contributed by atoms with Gasteiger partial charge in [-0.3, -0.25) is 0 Å². The summed E-state index contributed by atoms with van der Waals surface area (Å²) < 4.78 is 61.7. The largest absolute Gasteiger partial charge is 0.405 e. The summed E-state index contributed by atoms with van der Waals surface area (Å²) in [6.45, 7) is 0.135. The van der Waals surface area contributed by atoms with Crippen LogP contribution in [0.25, 0.3) is 0 Å². The van der Waals surface area contributed by atoms with Crippen LogP contribution in [0.15, 0.2) is 29.2 Å². The van der Waals surface area contributed by atoms with Crippen molar-refractivity contribution in [1.29, 1.82) is 0 Å². The van der Waals surface area contributed by atoms with E-state index in [-0.39, 0.29) is 29.4 Å². The molecule has 0 bridgehead atoms. The monoisotopic (exact) mass is 310 g/mol. The predicted octanol–water partition coefficient (Wildman–Crippen LogP) is 1.81. The number of hydrogen-bond donors (Lipinski definition) is 1. The van der Waals surface area contributed by atoms with Gasteiger partial charge in [-0.25, -0.2) is 8.42 Å². The summed E-state index contributed by atoms with van der Waals surface area (Å²) >= 11 is 0. The fourth-order valence-corrected chi connectivity index (χ4v) is 2.91. The molecule has 0 aliphatic heterocycles. The van der Waals surface area contributed by atoms with Crippen LogP contribution in [0, 0.1) is 0 Å². The standard InChI is InChI=1S/C12H17F3N2O2S/c1-2-20(18,19)11-6-4-3-5-10(11)17(8-7-16)9-12(13,14)15/h3-6H,2,7-9,16H2,1H3. The van der Waals surface area contributed by atoms with Crippen molar-refractivity contribution in [3.8, 4) is 0 Å². The van der Waals surface area contributed by atoms with Gasteiger partial charge in [0.25, 0.3) is 0 Å². The average Bonchev–Trinajstić information content (AvgIpc) is 2.37. The van der Waals surface area contributed by atoms with Crippen molar-refractivity contribution in [2.45, 2.75) is 18.0 Å². The minimum Gasteiger partial charge on any atom is -0.360 e. The highest BCUT2D eigenvalue weighted by Gasteiger charge is 2.32. The van der Waals surface area contributed by atoms with E-state index in [1.54, 1.807) is 0 Å². The molecule has 1 aromatic rings. The number of hydrogen-bond acceptors (Lipinski definition) is 4. The highest BCUT2D eigenvalue weighted by atomic mass is 32.2. The van der Waals surface area contributed by atoms with Gasteiger partial charge in [0, 0.05) is 13.1 Å². The van der Waals surface area contributed by atoms with Crippen molar-refractivity contribution in [2.75, 3.05) is 30.3 Å². The summed E-state index contributed by atoms with van der Waals surface area (Å²) in [6, 6.07) is 5.67. The van der Waals surface area contributed by atoms with E-state index in [1.807, 2.05) is 0 Å². The molecule has 0 heterocycles. The third-order valence-electron chi connectivity index (χ3n) is 2.69. The second-order valence-electron chi connectivity index (χ2n) is 4.20. The molecule has 0 saturated heterocycles. The van der Waals surface area contributed by atoms with Crippen molar-refractivity contribution in [3.63, 3.8) is 0 Å². The number of rotatable bonds is 6. The van der Waals surface area contributed by atoms with Crippen molar-refractivity contribution < 1.29 is 21.6 Å². The molecule has 1 rings (SSSR count). The third-order valence-corrected chi connectivity index (χ3v) is 4.47. The molecule has 20 heavy (non-hydrogen) atoms. The maximum atomic E-state index is 12.6. The van der Waals surface area contributed by atoms with Crippen molar-refractivity contribution >= 4 is 15.5 Å². The second kappa shape index (κ2) is 6.45. The van der Waals surface area contributed by atoms with Crippen LogP contribution in [0.3, 0.4) is 0 Å². The Kier molecular flexibility index (Phi) is 5.41. The van der Waals surface area contributed by atoms with Gasteiger partial charge >= 0.3 is 6.18 Å². The first-order chi connectivity index (χ1) is 9.21. The molecule has 114 valence electrons. The Morgan fingerprint density at radius 2 is 1.85 bits per heavy atom. The number of halogens is 3. The molecule has 0 amide bonds. The van der Waals surface area contributed by atoms with E-state index >= 15 is 0 Å². The molecule has 0 unspecified atom stereocenters. The lowest BCUT2D eigenvalue weighted by molar-refractivity contribution is -0.119. The number of anilines is 1. The fourth-order valence-electron chi connectivity index (χ4n) is 1.79. The molecule has 1 aromatic carbocycles. The SMILES string of the molecule is CCS(=O)(=O)c1ccccc1N(CCN)CC(F)(F)F. The Morgan fingerprint density at radius 1 is 1.25 bits per heavy atom.